The van der Waals surface area contributed by atoms with Crippen LogP contribution in [0.15, 0.2) is 55.6 Å². The molecule has 0 aliphatic carbocycles. The Labute approximate surface area is 125 Å². The van der Waals surface area contributed by atoms with Gasteiger partial charge in [-0.2, -0.15) is 0 Å². The third-order valence-corrected chi connectivity index (χ3v) is 3.44. The van der Waals surface area contributed by atoms with Gasteiger partial charge in [-0.3, -0.25) is 0 Å². The van der Waals surface area contributed by atoms with Gasteiger partial charge in [0.2, 0.25) is 0 Å². The molecule has 2 heteroatoms. The van der Waals surface area contributed by atoms with E-state index in [4.69, 9.17) is 23.2 Å². The lowest BCUT2D eigenvalue weighted by atomic mass is 10.1. The van der Waals surface area contributed by atoms with E-state index in [1.165, 1.54) is 11.1 Å². The molecular weight excluding hydrogens is 275 g/mol. The Morgan fingerprint density at radius 1 is 0.842 bits per heavy atom. The normalized spacial score (nSPS) is 9.21. The largest absolute Gasteiger partial charge is 0.0985 e. The molecule has 0 amide bonds. The molecule has 2 rings (SSSR count). The highest BCUT2D eigenvalue weighted by Crippen LogP contribution is 2.25. The lowest BCUT2D eigenvalue weighted by molar-refractivity contribution is 1.45. The van der Waals surface area contributed by atoms with Gasteiger partial charge in [-0.15, -0.1) is 0 Å². The topological polar surface area (TPSA) is 0 Å². The summed E-state index contributed by atoms with van der Waals surface area (Å²) < 4.78 is 0. The van der Waals surface area contributed by atoms with Gasteiger partial charge >= 0.3 is 0 Å². The summed E-state index contributed by atoms with van der Waals surface area (Å²) in [6, 6.07) is 13.6. The first kappa shape index (κ1) is 15.6. The molecule has 0 aliphatic rings. The minimum Gasteiger partial charge on any atom is -0.0985 e. The summed E-state index contributed by atoms with van der Waals surface area (Å²) in [5, 5.41) is 1.14. The Hall–Kier alpha value is -1.50. The van der Waals surface area contributed by atoms with Crippen LogP contribution in [-0.2, 0) is 0 Å². The molecule has 0 fully saturated rings. The summed E-state index contributed by atoms with van der Waals surface area (Å²) in [6.07, 6.45) is 3.55. The monoisotopic (exact) mass is 290 g/mol. The van der Waals surface area contributed by atoms with Crippen molar-refractivity contribution in [2.75, 3.05) is 0 Å². The second-order valence-corrected chi connectivity index (χ2v) is 4.69. The van der Waals surface area contributed by atoms with E-state index in [2.05, 4.69) is 32.2 Å². The quantitative estimate of drug-likeness (QED) is 0.611. The number of hydrogen-bond acceptors (Lipinski definition) is 0. The smallest absolute Gasteiger partial charge is 0.0664 e. The summed E-state index contributed by atoms with van der Waals surface area (Å²) in [5.74, 6) is 0. The molecule has 19 heavy (non-hydrogen) atoms. The van der Waals surface area contributed by atoms with Gasteiger partial charge in [0.05, 0.1) is 10.0 Å². The van der Waals surface area contributed by atoms with Gasteiger partial charge in [0, 0.05) is 0 Å². The first-order valence-corrected chi connectivity index (χ1v) is 6.60. The zero-order valence-electron chi connectivity index (χ0n) is 10.9. The highest BCUT2D eigenvalue weighted by molar-refractivity contribution is 6.42. The molecule has 0 N–H and O–H groups in total. The van der Waals surface area contributed by atoms with Crippen LogP contribution in [0.4, 0.5) is 0 Å². The Balaban J connectivity index is 0.000000191. The molecule has 0 atom stereocenters. The average molecular weight is 291 g/mol. The van der Waals surface area contributed by atoms with Gasteiger partial charge in [-0.1, -0.05) is 84.9 Å². The van der Waals surface area contributed by atoms with Gasteiger partial charge in [0.15, 0.2) is 0 Å². The van der Waals surface area contributed by atoms with Crippen molar-refractivity contribution in [1.82, 2.24) is 0 Å². The Morgan fingerprint density at radius 2 is 1.42 bits per heavy atom. The van der Waals surface area contributed by atoms with Crippen LogP contribution in [0.1, 0.15) is 16.7 Å². The molecule has 0 bridgehead atoms. The minimum absolute atomic E-state index is 0.569. The van der Waals surface area contributed by atoms with Gasteiger partial charge in [0.1, 0.15) is 0 Å². The predicted molar refractivity (Wildman–Crippen MR) is 87.8 cm³/mol. The van der Waals surface area contributed by atoms with Crippen molar-refractivity contribution in [3.05, 3.63) is 82.4 Å². The van der Waals surface area contributed by atoms with Crippen LogP contribution in [0.25, 0.3) is 12.2 Å². The summed E-state index contributed by atoms with van der Waals surface area (Å²) in [6.45, 7) is 9.36. The minimum atomic E-state index is 0.569. The van der Waals surface area contributed by atoms with E-state index in [1.54, 1.807) is 12.1 Å². The van der Waals surface area contributed by atoms with E-state index in [0.717, 1.165) is 5.56 Å². The van der Waals surface area contributed by atoms with E-state index in [9.17, 15) is 0 Å². The standard InChI is InChI=1S/C9H10.C8H6Cl2/c1-3-9-7-5-4-6-8(9)2;1-2-6-4-3-5-7(9)8(6)10/h3-7H,1H2,2H3;2-5H,1H2. The Kier molecular flexibility index (Phi) is 6.41. The summed E-state index contributed by atoms with van der Waals surface area (Å²) >= 11 is 11.5. The molecule has 2 aromatic carbocycles. The maximum atomic E-state index is 5.79. The third-order valence-electron chi connectivity index (χ3n) is 2.61. The molecule has 0 spiro atoms. The van der Waals surface area contributed by atoms with Gasteiger partial charge in [-0.25, -0.2) is 0 Å². The molecule has 0 heterocycles. The van der Waals surface area contributed by atoms with Crippen LogP contribution in [-0.4, -0.2) is 0 Å². The van der Waals surface area contributed by atoms with Gasteiger partial charge < -0.3 is 0 Å². The molecule has 2 aromatic rings. The fourth-order valence-corrected chi connectivity index (χ4v) is 1.88. The lowest BCUT2D eigenvalue weighted by Gasteiger charge is -1.97. The number of halogens is 2. The molecule has 98 valence electrons. The van der Waals surface area contributed by atoms with E-state index in [-0.39, 0.29) is 0 Å². The number of rotatable bonds is 2. The van der Waals surface area contributed by atoms with E-state index in [1.807, 2.05) is 30.3 Å². The molecule has 0 unspecified atom stereocenters. The van der Waals surface area contributed by atoms with E-state index >= 15 is 0 Å². The van der Waals surface area contributed by atoms with Crippen molar-refractivity contribution in [1.29, 1.82) is 0 Å². The van der Waals surface area contributed by atoms with Gasteiger partial charge in [0.25, 0.3) is 0 Å². The van der Waals surface area contributed by atoms with Crippen molar-refractivity contribution in [3.8, 4) is 0 Å². The zero-order valence-corrected chi connectivity index (χ0v) is 12.4. The van der Waals surface area contributed by atoms with E-state index < -0.39 is 0 Å². The number of aryl methyl sites for hydroxylation is 1. The van der Waals surface area contributed by atoms with E-state index in [0.29, 0.717) is 10.0 Å². The SMILES string of the molecule is C=Cc1cccc(Cl)c1Cl.C=Cc1ccccc1C. The average Bonchev–Trinajstić information content (AvgIpc) is 2.43. The predicted octanol–water partition coefficient (Wildman–Crippen LogP) is 6.27. The lowest BCUT2D eigenvalue weighted by Crippen LogP contribution is -1.75. The van der Waals surface area contributed by atoms with Crippen LogP contribution in [0.5, 0.6) is 0 Å². The first-order valence-electron chi connectivity index (χ1n) is 5.84. The van der Waals surface area contributed by atoms with Crippen LogP contribution in [0.3, 0.4) is 0 Å². The molecule has 0 aromatic heterocycles. The second-order valence-electron chi connectivity index (χ2n) is 3.91. The molecular formula is C17H16Cl2. The van der Waals surface area contributed by atoms with Crippen LogP contribution in [0.2, 0.25) is 10.0 Å². The highest BCUT2D eigenvalue weighted by Gasteiger charge is 1.98. The van der Waals surface area contributed by atoms with Gasteiger partial charge in [-0.05, 0) is 29.7 Å². The highest BCUT2D eigenvalue weighted by atomic mass is 35.5. The van der Waals surface area contributed by atoms with Crippen molar-refractivity contribution in [3.63, 3.8) is 0 Å². The summed E-state index contributed by atoms with van der Waals surface area (Å²) in [7, 11) is 0. The molecule has 0 radical (unpaired) electrons. The second kappa shape index (κ2) is 7.83. The van der Waals surface area contributed by atoms with Crippen molar-refractivity contribution < 1.29 is 0 Å². The summed E-state index contributed by atoms with van der Waals surface area (Å²) in [4.78, 5) is 0. The number of hydrogen-bond donors (Lipinski definition) is 0. The van der Waals surface area contributed by atoms with Crippen molar-refractivity contribution >= 4 is 35.4 Å². The Morgan fingerprint density at radius 3 is 1.89 bits per heavy atom. The number of benzene rings is 2. The van der Waals surface area contributed by atoms with Crippen molar-refractivity contribution in [2.24, 2.45) is 0 Å². The third kappa shape index (κ3) is 4.59. The first-order chi connectivity index (χ1) is 9.10. The fraction of sp³-hybridized carbons (Fsp3) is 0.0588. The zero-order chi connectivity index (χ0) is 14.3. The van der Waals surface area contributed by atoms with Crippen LogP contribution in [0, 0.1) is 6.92 Å². The molecule has 0 aliphatic heterocycles. The fourth-order valence-electron chi connectivity index (χ4n) is 1.49. The molecule has 0 saturated heterocycles. The van der Waals surface area contributed by atoms with Crippen LogP contribution < -0.4 is 0 Å². The maximum Gasteiger partial charge on any atom is 0.0664 e. The summed E-state index contributed by atoms with van der Waals surface area (Å²) in [5.41, 5.74) is 3.37. The maximum absolute atomic E-state index is 5.79. The Bertz CT molecular complexity index is 571. The van der Waals surface area contributed by atoms with Crippen molar-refractivity contribution in [2.45, 2.75) is 6.92 Å². The molecule has 0 saturated carbocycles. The van der Waals surface area contributed by atoms with Crippen LogP contribution >= 0.6 is 23.2 Å². The molecule has 0 nitrogen and oxygen atoms in total.